The van der Waals surface area contributed by atoms with Crippen LogP contribution in [0.4, 0.5) is 5.69 Å². The highest BCUT2D eigenvalue weighted by Crippen LogP contribution is 2.40. The summed E-state index contributed by atoms with van der Waals surface area (Å²) in [5.41, 5.74) is -0.250. The minimum absolute atomic E-state index is 0.205. The molecule has 1 aromatic heterocycles. The molecule has 1 fully saturated rings. The Morgan fingerprint density at radius 2 is 2.20 bits per heavy atom. The van der Waals surface area contributed by atoms with Gasteiger partial charge in [0.2, 0.25) is 5.91 Å². The third kappa shape index (κ3) is 3.85. The quantitative estimate of drug-likeness (QED) is 0.247. The molecule has 2 aliphatic heterocycles. The number of thioether (sulfide) groups is 1. The Kier molecular flexibility index (Phi) is 5.78. The lowest BCUT2D eigenvalue weighted by atomic mass is 10.0. The zero-order valence-electron chi connectivity index (χ0n) is 15.8. The lowest BCUT2D eigenvalue weighted by Gasteiger charge is -2.49. The number of β-lactam (4-membered cyclic amide) rings is 1. The van der Waals surface area contributed by atoms with E-state index in [1.807, 2.05) is 0 Å². The lowest BCUT2D eigenvalue weighted by Crippen LogP contribution is -2.71. The molecule has 2 amide bonds. The van der Waals surface area contributed by atoms with Crippen LogP contribution in [0.25, 0.3) is 0 Å². The van der Waals surface area contributed by atoms with Crippen molar-refractivity contribution in [1.82, 2.24) is 20.0 Å². The molecule has 0 radical (unpaired) electrons. The number of carboxylic acid groups (broad SMARTS) is 1. The Labute approximate surface area is 173 Å². The van der Waals surface area contributed by atoms with Crippen LogP contribution in [0.15, 0.2) is 23.7 Å². The molecule has 0 aromatic carbocycles. The maximum absolute atomic E-state index is 12.6. The molecular weight excluding hydrogens is 422 g/mol. The van der Waals surface area contributed by atoms with E-state index < -0.39 is 46.1 Å². The van der Waals surface area contributed by atoms with Gasteiger partial charge in [-0.25, -0.2) is 4.79 Å². The average molecular weight is 439 g/mol. The summed E-state index contributed by atoms with van der Waals surface area (Å²) in [6.07, 6.45) is 2.10. The van der Waals surface area contributed by atoms with Gasteiger partial charge in [0.25, 0.3) is 5.91 Å². The number of rotatable bonds is 7. The topological polar surface area (TPSA) is 174 Å². The molecule has 3 rings (SSSR count). The van der Waals surface area contributed by atoms with Crippen molar-refractivity contribution >= 4 is 41.2 Å². The molecule has 14 heteroatoms. The van der Waals surface area contributed by atoms with Crippen molar-refractivity contribution in [2.75, 3.05) is 12.4 Å². The maximum Gasteiger partial charge on any atom is 0.352 e. The van der Waals surface area contributed by atoms with Gasteiger partial charge in [-0.2, -0.15) is 5.10 Å². The van der Waals surface area contributed by atoms with Crippen LogP contribution in [-0.4, -0.2) is 72.2 Å². The van der Waals surface area contributed by atoms with Crippen LogP contribution in [0, 0.1) is 10.1 Å². The fourth-order valence-electron chi connectivity index (χ4n) is 3.01. The molecule has 3 atom stereocenters. The maximum atomic E-state index is 12.6. The average Bonchev–Trinajstić information content (AvgIpc) is 3.19. The summed E-state index contributed by atoms with van der Waals surface area (Å²) in [4.78, 5) is 58.9. The minimum Gasteiger partial charge on any atom is -0.477 e. The van der Waals surface area contributed by atoms with Gasteiger partial charge in [0.1, 0.15) is 42.2 Å². The number of aliphatic carboxylic acids is 1. The molecule has 2 N–H and O–H groups in total. The largest absolute Gasteiger partial charge is 0.477 e. The molecule has 160 valence electrons. The van der Waals surface area contributed by atoms with Crippen LogP contribution in [0.5, 0.6) is 0 Å². The van der Waals surface area contributed by atoms with E-state index in [4.69, 9.17) is 4.74 Å². The fourth-order valence-corrected chi connectivity index (χ4v) is 4.34. The molecule has 0 bridgehead atoms. The number of fused-ring (bicyclic) bond motifs is 1. The van der Waals surface area contributed by atoms with Gasteiger partial charge >= 0.3 is 17.6 Å². The van der Waals surface area contributed by atoms with Crippen LogP contribution < -0.4 is 5.32 Å². The number of carbonyl (C=O) groups excluding carboxylic acids is 3. The number of esters is 1. The second-order valence-electron chi connectivity index (χ2n) is 6.55. The van der Waals surface area contributed by atoms with Crippen molar-refractivity contribution in [1.29, 1.82) is 0 Å². The predicted molar refractivity (Wildman–Crippen MR) is 99.9 cm³/mol. The fraction of sp³-hybridized carbons (Fsp3) is 0.438. The molecule has 0 unspecified atom stereocenters. The number of carboxylic acids is 1. The highest BCUT2D eigenvalue weighted by atomic mass is 32.2. The Bertz CT molecular complexity index is 973. The molecule has 1 aromatic rings. The summed E-state index contributed by atoms with van der Waals surface area (Å²) in [5, 5.41) is 26.0. The number of hydrogen-bond donors (Lipinski definition) is 2. The summed E-state index contributed by atoms with van der Waals surface area (Å²) in [7, 11) is 0. The number of nitrogens with one attached hydrogen (secondary N) is 1. The third-order valence-electron chi connectivity index (χ3n) is 4.57. The number of nitrogens with zero attached hydrogens (tertiary/aromatic N) is 4. The number of amides is 2. The normalized spacial score (nSPS) is 21.4. The zero-order chi connectivity index (χ0) is 22.2. The van der Waals surface area contributed by atoms with E-state index in [0.29, 0.717) is 0 Å². The van der Waals surface area contributed by atoms with Crippen LogP contribution in [0.2, 0.25) is 0 Å². The van der Waals surface area contributed by atoms with Crippen molar-refractivity contribution < 1.29 is 33.9 Å². The highest BCUT2D eigenvalue weighted by molar-refractivity contribution is 8.00. The number of aromatic nitrogens is 2. The first-order valence-corrected chi connectivity index (χ1v) is 9.69. The van der Waals surface area contributed by atoms with E-state index in [1.165, 1.54) is 25.6 Å². The number of nitro groups is 1. The summed E-state index contributed by atoms with van der Waals surface area (Å²) in [5.74, 6) is -2.92. The van der Waals surface area contributed by atoms with Crippen LogP contribution in [0.1, 0.15) is 19.9 Å². The molecular formula is C16H17N5O8S. The zero-order valence-corrected chi connectivity index (χ0v) is 16.6. The first-order chi connectivity index (χ1) is 14.1. The smallest absolute Gasteiger partial charge is 0.352 e. The van der Waals surface area contributed by atoms with Crippen molar-refractivity contribution in [2.24, 2.45) is 0 Å². The summed E-state index contributed by atoms with van der Waals surface area (Å²) < 4.78 is 5.96. The monoisotopic (exact) mass is 439 g/mol. The first kappa shape index (κ1) is 21.3. The SMILES string of the molecule is CC(=O)OCC1=C(C(=O)O)N2C(=O)[C@H](NC(=O)[C@@H](C)n3cc([N+](=O)[O-])cn3)[C@@H]2SC1. The van der Waals surface area contributed by atoms with Crippen molar-refractivity contribution in [3.63, 3.8) is 0 Å². The van der Waals surface area contributed by atoms with Crippen molar-refractivity contribution in [3.05, 3.63) is 33.8 Å². The van der Waals surface area contributed by atoms with E-state index in [9.17, 15) is 34.4 Å². The second-order valence-corrected chi connectivity index (χ2v) is 7.65. The third-order valence-corrected chi connectivity index (χ3v) is 5.91. The minimum atomic E-state index is -1.34. The predicted octanol–water partition coefficient (Wildman–Crippen LogP) is -0.346. The Morgan fingerprint density at radius 3 is 2.77 bits per heavy atom. The van der Waals surface area contributed by atoms with Gasteiger partial charge in [-0.15, -0.1) is 11.8 Å². The number of carbonyl (C=O) groups is 4. The molecule has 0 aliphatic carbocycles. The number of hydrogen-bond acceptors (Lipinski definition) is 9. The highest BCUT2D eigenvalue weighted by Gasteiger charge is 2.54. The first-order valence-electron chi connectivity index (χ1n) is 8.64. The van der Waals surface area contributed by atoms with Gasteiger partial charge in [-0.1, -0.05) is 0 Å². The van der Waals surface area contributed by atoms with Crippen LogP contribution >= 0.6 is 11.8 Å². The van der Waals surface area contributed by atoms with Gasteiger partial charge < -0.3 is 15.2 Å². The van der Waals surface area contributed by atoms with E-state index in [2.05, 4.69) is 10.4 Å². The van der Waals surface area contributed by atoms with E-state index in [1.54, 1.807) is 0 Å². The molecule has 1 saturated heterocycles. The van der Waals surface area contributed by atoms with Gasteiger partial charge in [-0.05, 0) is 6.92 Å². The molecule has 0 saturated carbocycles. The van der Waals surface area contributed by atoms with Crippen LogP contribution in [0.3, 0.4) is 0 Å². The molecule has 13 nitrogen and oxygen atoms in total. The molecule has 2 aliphatic rings. The summed E-state index contributed by atoms with van der Waals surface area (Å²) in [6.45, 7) is 2.41. The second kappa shape index (κ2) is 8.14. The Hall–Kier alpha value is -3.42. The molecule has 3 heterocycles. The number of ether oxygens (including phenoxy) is 1. The summed E-state index contributed by atoms with van der Waals surface area (Å²) >= 11 is 1.23. The van der Waals surface area contributed by atoms with Gasteiger partial charge in [-0.3, -0.25) is 34.1 Å². The molecule has 30 heavy (non-hydrogen) atoms. The van der Waals surface area contributed by atoms with E-state index in [0.717, 1.165) is 22.0 Å². The van der Waals surface area contributed by atoms with E-state index >= 15 is 0 Å². The molecule has 0 spiro atoms. The Balaban J connectivity index is 1.71. The van der Waals surface area contributed by atoms with Gasteiger partial charge in [0.05, 0.1) is 4.92 Å². The van der Waals surface area contributed by atoms with Crippen molar-refractivity contribution in [2.45, 2.75) is 31.3 Å². The van der Waals surface area contributed by atoms with E-state index in [-0.39, 0.29) is 29.3 Å². The van der Waals surface area contributed by atoms with Crippen molar-refractivity contribution in [3.8, 4) is 0 Å². The Morgan fingerprint density at radius 1 is 1.50 bits per heavy atom. The standard InChI is InChI=1S/C16H17N5O8S/c1-7(19-4-10(3-17-19)21(27)28)13(23)18-11-14(24)20-12(16(25)26)9(5-29-8(2)22)6-30-15(11)20/h3-4,7,11,15H,5-6H2,1-2H3,(H,18,23)(H,25,26)/t7-,11+,15+/m1/s1. The van der Waals surface area contributed by atoms with Crippen LogP contribution in [-0.2, 0) is 23.9 Å². The lowest BCUT2D eigenvalue weighted by molar-refractivity contribution is -0.385. The summed E-state index contributed by atoms with van der Waals surface area (Å²) in [6, 6.07) is -1.89. The van der Waals surface area contributed by atoms with Gasteiger partial charge in [0.15, 0.2) is 0 Å². The van der Waals surface area contributed by atoms with Gasteiger partial charge in [0, 0.05) is 18.2 Å².